The Kier molecular flexibility index (Phi) is 14.7. The number of rotatable bonds is 12. The molecule has 10 nitrogen and oxygen atoms in total. The van der Waals surface area contributed by atoms with E-state index in [4.69, 9.17) is 9.47 Å². The number of hydrogen-bond acceptors (Lipinski definition) is 8. The molecular formula is C64H92N4O6. The summed E-state index contributed by atoms with van der Waals surface area (Å²) in [6, 6.07) is 10.9. The largest absolute Gasteiger partial charge is 0.458 e. The zero-order valence-electron chi connectivity index (χ0n) is 46.3. The highest BCUT2D eigenvalue weighted by Crippen LogP contribution is 2.70. The molecule has 18 atom stereocenters. The molecule has 3 heterocycles. The Hall–Kier alpha value is -3.82. The Morgan fingerprint density at radius 1 is 0.514 bits per heavy atom. The Morgan fingerprint density at radius 3 is 1.30 bits per heavy atom. The van der Waals surface area contributed by atoms with Gasteiger partial charge < -0.3 is 19.3 Å². The molecule has 9 aliphatic rings. The number of ether oxygens (including phenoxy) is 2. The topological polar surface area (TPSA) is 119 Å². The highest BCUT2D eigenvalue weighted by Gasteiger charge is 2.63. The van der Waals surface area contributed by atoms with E-state index in [1.54, 1.807) is 24.5 Å². The molecule has 0 aromatic carbocycles. The van der Waals surface area contributed by atoms with Crippen LogP contribution in [0.1, 0.15) is 204 Å². The van der Waals surface area contributed by atoms with Gasteiger partial charge in [-0.1, -0.05) is 53.7 Å². The van der Waals surface area contributed by atoms with Crippen LogP contribution in [0.25, 0.3) is 0 Å². The standard InChI is InChI=1S/C64H92N4O6/c1-41(49-19-21-51-47-17-15-43-39-45(73-59(71)55-11-7-9-33-65-55)25-29-61(43,3)53(47)27-31-63(49,51)5)13-23-57(69)67-35-37-68(38-36-67)58(70)24-14-42(2)50-20-22-52-48-18-16-44-40-46(74-60(72)56-12-8-10-34-66-56)26-30-62(44,4)54(48)28-32-64(50,52)6/h7-12,33-34,41-54H,13-32,35-40H2,1-6H3/t41-,42-,43-,44-,45-,46-,47+,48+,49-,50-,51+,52+,53+,54+,61+,62+,63-,64-/m1/s1. The molecule has 0 bridgehead atoms. The lowest BCUT2D eigenvalue weighted by atomic mass is 9.44. The Morgan fingerprint density at radius 2 is 0.905 bits per heavy atom. The first-order valence-electron chi connectivity index (χ1n) is 30.4. The molecule has 0 N–H and O–H groups in total. The van der Waals surface area contributed by atoms with E-state index in [1.165, 1.54) is 77.0 Å². The predicted molar refractivity (Wildman–Crippen MR) is 287 cm³/mol. The maximum absolute atomic E-state index is 13.8. The molecular weight excluding hydrogens is 921 g/mol. The minimum atomic E-state index is -0.280. The number of carbonyl (C=O) groups is 4. The molecule has 8 aliphatic carbocycles. The molecule has 74 heavy (non-hydrogen) atoms. The Labute approximate surface area is 444 Å². The van der Waals surface area contributed by atoms with Crippen LogP contribution in [0.4, 0.5) is 0 Å². The molecule has 10 heteroatoms. The van der Waals surface area contributed by atoms with Crippen molar-refractivity contribution in [2.24, 2.45) is 92.7 Å². The third kappa shape index (κ3) is 9.48. The van der Waals surface area contributed by atoms with Gasteiger partial charge in [-0.15, -0.1) is 0 Å². The van der Waals surface area contributed by atoms with Gasteiger partial charge in [-0.2, -0.15) is 0 Å². The number of nitrogens with zero attached hydrogens (tertiary/aromatic N) is 4. The average Bonchev–Trinajstić information content (AvgIpc) is 3.97. The summed E-state index contributed by atoms with van der Waals surface area (Å²) in [5, 5.41) is 0. The number of pyridine rings is 2. The second-order valence-corrected chi connectivity index (χ2v) is 27.6. The number of hydrogen-bond donors (Lipinski definition) is 0. The van der Waals surface area contributed by atoms with Gasteiger partial charge >= 0.3 is 11.9 Å². The molecule has 0 spiro atoms. The molecule has 0 radical (unpaired) electrons. The first-order chi connectivity index (χ1) is 35.6. The van der Waals surface area contributed by atoms with E-state index >= 15 is 0 Å². The summed E-state index contributed by atoms with van der Waals surface area (Å²) in [6.45, 7) is 18.0. The van der Waals surface area contributed by atoms with E-state index in [1.807, 2.05) is 24.3 Å². The molecule has 9 fully saturated rings. The number of amides is 2. The number of fused-ring (bicyclic) bond motifs is 10. The van der Waals surface area contributed by atoms with E-state index in [0.717, 1.165) is 86.9 Å². The van der Waals surface area contributed by atoms with Gasteiger partial charge in [0, 0.05) is 51.4 Å². The summed E-state index contributed by atoms with van der Waals surface area (Å²) in [4.78, 5) is 66.0. The van der Waals surface area contributed by atoms with Crippen LogP contribution in [-0.4, -0.2) is 81.9 Å². The van der Waals surface area contributed by atoms with E-state index in [2.05, 4.69) is 61.3 Å². The van der Waals surface area contributed by atoms with Gasteiger partial charge in [-0.05, 0) is 245 Å². The molecule has 11 rings (SSSR count). The minimum absolute atomic E-state index is 0.00645. The van der Waals surface area contributed by atoms with Crippen molar-refractivity contribution < 1.29 is 28.7 Å². The number of carbonyl (C=O) groups excluding carboxylic acids is 4. The first kappa shape index (κ1) is 52.2. The Bertz CT molecular complexity index is 2180. The lowest BCUT2D eigenvalue weighted by Crippen LogP contribution is -2.54. The van der Waals surface area contributed by atoms with Crippen molar-refractivity contribution in [1.29, 1.82) is 0 Å². The van der Waals surface area contributed by atoms with Crippen LogP contribution in [0.3, 0.4) is 0 Å². The third-order valence-electron chi connectivity index (χ3n) is 24.7. The summed E-state index contributed by atoms with van der Waals surface area (Å²) in [5.74, 6) is 8.27. The number of piperazine rings is 1. The van der Waals surface area contributed by atoms with Crippen molar-refractivity contribution >= 4 is 23.8 Å². The van der Waals surface area contributed by atoms with Crippen LogP contribution in [0, 0.1) is 92.7 Å². The lowest BCUT2D eigenvalue weighted by Gasteiger charge is -2.61. The maximum Gasteiger partial charge on any atom is 0.357 e. The molecule has 2 aromatic rings. The number of aromatic nitrogens is 2. The molecule has 1 aliphatic heterocycles. The first-order valence-corrected chi connectivity index (χ1v) is 30.4. The lowest BCUT2D eigenvalue weighted by molar-refractivity contribution is -0.140. The summed E-state index contributed by atoms with van der Waals surface area (Å²) in [6.07, 6.45) is 28.3. The van der Waals surface area contributed by atoms with Gasteiger partial charge in [0.15, 0.2) is 0 Å². The zero-order chi connectivity index (χ0) is 51.6. The monoisotopic (exact) mass is 1010 g/mol. The van der Waals surface area contributed by atoms with Gasteiger partial charge in [0.05, 0.1) is 0 Å². The van der Waals surface area contributed by atoms with E-state index in [0.29, 0.717) is 108 Å². The Balaban J connectivity index is 0.604. The van der Waals surface area contributed by atoms with Gasteiger partial charge in [0.1, 0.15) is 23.6 Å². The second kappa shape index (κ2) is 20.9. The molecule has 8 saturated carbocycles. The van der Waals surface area contributed by atoms with E-state index in [9.17, 15) is 19.2 Å². The van der Waals surface area contributed by atoms with Crippen LogP contribution in [-0.2, 0) is 19.1 Å². The third-order valence-corrected chi connectivity index (χ3v) is 24.7. The summed E-state index contributed by atoms with van der Waals surface area (Å²) >= 11 is 0. The predicted octanol–water partition coefficient (Wildman–Crippen LogP) is 13.0. The van der Waals surface area contributed by atoms with Gasteiger partial charge in [-0.25, -0.2) is 19.6 Å². The van der Waals surface area contributed by atoms with Crippen molar-refractivity contribution in [2.75, 3.05) is 26.2 Å². The summed E-state index contributed by atoms with van der Waals surface area (Å²) in [5.41, 5.74) is 2.16. The van der Waals surface area contributed by atoms with Crippen LogP contribution < -0.4 is 0 Å². The van der Waals surface area contributed by atoms with E-state index < -0.39 is 0 Å². The quantitative estimate of drug-likeness (QED) is 0.193. The van der Waals surface area contributed by atoms with Crippen molar-refractivity contribution in [3.63, 3.8) is 0 Å². The maximum atomic E-state index is 13.8. The van der Waals surface area contributed by atoms with Crippen LogP contribution >= 0.6 is 0 Å². The summed E-state index contributed by atoms with van der Waals surface area (Å²) < 4.78 is 12.1. The summed E-state index contributed by atoms with van der Waals surface area (Å²) in [7, 11) is 0. The normalized spacial score (nSPS) is 41.2. The highest BCUT2D eigenvalue weighted by molar-refractivity contribution is 5.87. The fourth-order valence-corrected chi connectivity index (χ4v) is 20.6. The smallest absolute Gasteiger partial charge is 0.357 e. The molecule has 404 valence electrons. The van der Waals surface area contributed by atoms with E-state index in [-0.39, 0.29) is 36.0 Å². The van der Waals surface area contributed by atoms with Crippen molar-refractivity contribution in [2.45, 2.75) is 195 Å². The van der Waals surface area contributed by atoms with Gasteiger partial charge in [0.2, 0.25) is 11.8 Å². The van der Waals surface area contributed by atoms with Gasteiger partial charge in [-0.3, -0.25) is 9.59 Å². The molecule has 1 saturated heterocycles. The molecule has 2 amide bonds. The highest BCUT2D eigenvalue weighted by atomic mass is 16.5. The molecule has 2 aromatic heterocycles. The van der Waals surface area contributed by atoms with Crippen molar-refractivity contribution in [1.82, 2.24) is 19.8 Å². The molecule has 0 unspecified atom stereocenters. The SMILES string of the molecule is C[C@H](CCC(=O)N1CCN(C(=O)CC[C@@H](C)[C@H]2CC[C@H]3[C@@H]4CC[C@@H]5C[C@H](OC(=O)c6ccccn6)CC[C@]5(C)[C@H]4CC[C@]23C)CC1)[C@H]1CC[C@H]2[C@@H]3CC[C@@H]4C[C@H](OC(=O)c5ccccn5)CC[C@]4(C)[C@H]3CC[C@]12C. The van der Waals surface area contributed by atoms with Crippen LogP contribution in [0.2, 0.25) is 0 Å². The van der Waals surface area contributed by atoms with Crippen molar-refractivity contribution in [3.8, 4) is 0 Å². The van der Waals surface area contributed by atoms with Crippen molar-refractivity contribution in [3.05, 3.63) is 60.2 Å². The fourth-order valence-electron chi connectivity index (χ4n) is 20.6. The van der Waals surface area contributed by atoms with Crippen LogP contribution in [0.15, 0.2) is 48.8 Å². The second-order valence-electron chi connectivity index (χ2n) is 27.6. The zero-order valence-corrected chi connectivity index (χ0v) is 46.3. The van der Waals surface area contributed by atoms with Gasteiger partial charge in [0.25, 0.3) is 0 Å². The fraction of sp³-hybridized carbons (Fsp3) is 0.781. The van der Waals surface area contributed by atoms with Crippen LogP contribution in [0.5, 0.6) is 0 Å². The minimum Gasteiger partial charge on any atom is -0.458 e. The number of esters is 2. The average molecular weight is 1010 g/mol.